The fourth-order valence-electron chi connectivity index (χ4n) is 4.54. The van der Waals surface area contributed by atoms with Crippen LogP contribution in [0.5, 0.6) is 0 Å². The first-order valence-electron chi connectivity index (χ1n) is 11.0. The number of carbonyl (C=O) groups is 2. The zero-order valence-corrected chi connectivity index (χ0v) is 19.5. The van der Waals surface area contributed by atoms with E-state index in [1.807, 2.05) is 13.0 Å². The smallest absolute Gasteiger partial charge is 0.352 e. The molecule has 9 heteroatoms. The Labute approximate surface area is 196 Å². The molecule has 1 N–H and O–H groups in total. The molecule has 0 aliphatic carbocycles. The van der Waals surface area contributed by atoms with Crippen LogP contribution in [0.2, 0.25) is 0 Å². The maximum absolute atomic E-state index is 15.4. The predicted octanol–water partition coefficient (Wildman–Crippen LogP) is 4.39. The molecule has 180 valence electrons. The van der Waals surface area contributed by atoms with Gasteiger partial charge in [-0.15, -0.1) is 0 Å². The molecule has 1 aromatic carbocycles. The second-order valence-electron chi connectivity index (χ2n) is 8.40. The monoisotopic (exact) mass is 471 g/mol. The van der Waals surface area contributed by atoms with Gasteiger partial charge >= 0.3 is 6.17 Å². The summed E-state index contributed by atoms with van der Waals surface area (Å²) < 4.78 is 42.1. The number of fused-ring (bicyclic) bond motifs is 2. The van der Waals surface area contributed by atoms with Crippen molar-refractivity contribution in [2.45, 2.75) is 39.1 Å². The van der Waals surface area contributed by atoms with Gasteiger partial charge in [0.25, 0.3) is 5.91 Å². The highest BCUT2D eigenvalue weighted by Gasteiger charge is 2.49. The Morgan fingerprint density at radius 2 is 1.79 bits per heavy atom. The van der Waals surface area contributed by atoms with E-state index in [1.54, 1.807) is 49.4 Å². The molecule has 2 amide bonds. The van der Waals surface area contributed by atoms with Crippen LogP contribution in [0.4, 0.5) is 8.78 Å². The summed E-state index contributed by atoms with van der Waals surface area (Å²) in [7, 11) is 3.01. The summed E-state index contributed by atoms with van der Waals surface area (Å²) in [5, 5.41) is 2.32. The van der Waals surface area contributed by atoms with Crippen molar-refractivity contribution in [1.82, 2.24) is 14.8 Å². The maximum Gasteiger partial charge on any atom is 0.421 e. The van der Waals surface area contributed by atoms with Gasteiger partial charge in [-0.1, -0.05) is 25.1 Å². The topological polar surface area (TPSA) is 72.8 Å². The number of aryl methyl sites for hydroxylation is 1. The molecule has 1 unspecified atom stereocenters. The van der Waals surface area contributed by atoms with Gasteiger partial charge in [0.2, 0.25) is 5.91 Å². The SMILES string of the molecule is COC(OC)c1ccc(C(=O)NC(=O)CCc2ccc3n2C(F)(F)N2C(C)=CC(C)C2=C3)cc1. The van der Waals surface area contributed by atoms with E-state index >= 15 is 8.78 Å². The molecule has 1 aromatic heterocycles. The molecule has 0 saturated carbocycles. The molecule has 0 saturated heterocycles. The molecule has 34 heavy (non-hydrogen) atoms. The third-order valence-corrected chi connectivity index (χ3v) is 6.13. The van der Waals surface area contributed by atoms with Gasteiger partial charge in [-0.3, -0.25) is 24.4 Å². The Morgan fingerprint density at radius 1 is 1.12 bits per heavy atom. The normalized spacial score (nSPS) is 18.3. The van der Waals surface area contributed by atoms with Gasteiger partial charge in [-0.25, -0.2) is 0 Å². The fraction of sp³-hybridized carbons (Fsp3) is 0.360. The van der Waals surface area contributed by atoms with Crippen molar-refractivity contribution >= 4 is 17.9 Å². The highest BCUT2D eigenvalue weighted by atomic mass is 19.3. The van der Waals surface area contributed by atoms with E-state index in [0.717, 1.165) is 15.0 Å². The van der Waals surface area contributed by atoms with Crippen LogP contribution in [0.15, 0.2) is 53.9 Å². The number of ether oxygens (including phenoxy) is 2. The molecule has 2 aliphatic rings. The molecule has 0 radical (unpaired) electrons. The molecule has 1 atom stereocenters. The van der Waals surface area contributed by atoms with E-state index in [4.69, 9.17) is 9.47 Å². The molecule has 2 aliphatic heterocycles. The first-order chi connectivity index (χ1) is 16.2. The number of nitrogens with one attached hydrogen (secondary N) is 1. The zero-order chi connectivity index (χ0) is 24.6. The third-order valence-electron chi connectivity index (χ3n) is 6.13. The van der Waals surface area contributed by atoms with Gasteiger partial charge in [-0.05, 0) is 43.7 Å². The third kappa shape index (κ3) is 4.17. The Hall–Kier alpha value is -3.30. The quantitative estimate of drug-likeness (QED) is 0.479. The van der Waals surface area contributed by atoms with Crippen LogP contribution in [-0.4, -0.2) is 35.5 Å². The van der Waals surface area contributed by atoms with Crippen LogP contribution in [0.3, 0.4) is 0 Å². The molecule has 3 heterocycles. The number of rotatable bonds is 7. The lowest BCUT2D eigenvalue weighted by molar-refractivity contribution is -0.188. The van der Waals surface area contributed by atoms with Gasteiger partial charge < -0.3 is 9.47 Å². The van der Waals surface area contributed by atoms with E-state index in [9.17, 15) is 9.59 Å². The number of alkyl halides is 2. The van der Waals surface area contributed by atoms with Crippen LogP contribution in [0.1, 0.15) is 53.9 Å². The van der Waals surface area contributed by atoms with Crippen LogP contribution in [-0.2, 0) is 26.9 Å². The van der Waals surface area contributed by atoms with E-state index in [2.05, 4.69) is 5.32 Å². The largest absolute Gasteiger partial charge is 0.421 e. The van der Waals surface area contributed by atoms with E-state index in [0.29, 0.717) is 22.8 Å². The summed E-state index contributed by atoms with van der Waals surface area (Å²) in [6, 6.07) is 9.69. The average molecular weight is 472 g/mol. The highest BCUT2D eigenvalue weighted by Crippen LogP contribution is 2.46. The second-order valence-corrected chi connectivity index (χ2v) is 8.40. The van der Waals surface area contributed by atoms with Gasteiger partial charge in [0.05, 0.1) is 5.69 Å². The van der Waals surface area contributed by atoms with Crippen molar-refractivity contribution in [2.24, 2.45) is 5.92 Å². The number of aromatic nitrogens is 1. The Morgan fingerprint density at radius 3 is 2.44 bits per heavy atom. The van der Waals surface area contributed by atoms with Crippen molar-refractivity contribution in [2.75, 3.05) is 14.2 Å². The van der Waals surface area contributed by atoms with Crippen molar-refractivity contribution in [1.29, 1.82) is 0 Å². The number of methoxy groups -OCH3 is 2. The second kappa shape index (κ2) is 9.15. The highest BCUT2D eigenvalue weighted by molar-refractivity contribution is 6.04. The first kappa shape index (κ1) is 23.8. The lowest BCUT2D eigenvalue weighted by atomic mass is 10.1. The Kier molecular flexibility index (Phi) is 6.42. The summed E-state index contributed by atoms with van der Waals surface area (Å²) in [4.78, 5) is 25.9. The molecule has 0 spiro atoms. The van der Waals surface area contributed by atoms with Gasteiger partial charge in [0.1, 0.15) is 0 Å². The van der Waals surface area contributed by atoms with Crippen LogP contribution >= 0.6 is 0 Å². The van der Waals surface area contributed by atoms with Crippen LogP contribution < -0.4 is 5.32 Å². The number of hydrogen-bond acceptors (Lipinski definition) is 5. The van der Waals surface area contributed by atoms with Crippen molar-refractivity contribution in [3.05, 3.63) is 76.4 Å². The maximum atomic E-state index is 15.4. The number of carbonyl (C=O) groups excluding carboxylic acids is 2. The van der Waals surface area contributed by atoms with E-state index < -0.39 is 24.3 Å². The minimum absolute atomic E-state index is 0.0618. The standard InChI is InChI=1S/C25H27F2N3O4/c1-15-13-16(2)29-21(15)14-20-10-9-19(30(20)25(29,26)27)11-12-22(31)28-23(32)17-5-7-18(8-6-17)24(33-3)34-4/h5-10,13-15,24H,11-12H2,1-4H3,(H,28,31,32). The molecule has 0 fully saturated rings. The number of halogens is 2. The molecular formula is C25H27F2N3O4. The predicted molar refractivity (Wildman–Crippen MR) is 121 cm³/mol. The number of imide groups is 1. The first-order valence-corrected chi connectivity index (χ1v) is 11.0. The fourth-order valence-corrected chi connectivity index (χ4v) is 4.54. The Bertz CT molecular complexity index is 1160. The number of amides is 2. The minimum atomic E-state index is -3.28. The average Bonchev–Trinajstić information content (AvgIpc) is 3.35. The van der Waals surface area contributed by atoms with Crippen LogP contribution in [0.25, 0.3) is 6.08 Å². The lowest BCUT2D eigenvalue weighted by Gasteiger charge is -2.38. The summed E-state index contributed by atoms with van der Waals surface area (Å²) in [6.45, 7) is 3.54. The summed E-state index contributed by atoms with van der Waals surface area (Å²) in [5.74, 6) is -1.21. The summed E-state index contributed by atoms with van der Waals surface area (Å²) in [6.07, 6.45) is -0.322. The van der Waals surface area contributed by atoms with Crippen molar-refractivity contribution in [3.8, 4) is 0 Å². The van der Waals surface area contributed by atoms with E-state index in [1.165, 1.54) is 14.2 Å². The molecule has 2 aromatic rings. The number of nitrogens with zero attached hydrogens (tertiary/aromatic N) is 2. The summed E-state index contributed by atoms with van der Waals surface area (Å²) in [5.41, 5.74) is 2.77. The molecule has 7 nitrogen and oxygen atoms in total. The number of hydrogen-bond donors (Lipinski definition) is 1. The van der Waals surface area contributed by atoms with E-state index in [-0.39, 0.29) is 24.3 Å². The summed E-state index contributed by atoms with van der Waals surface area (Å²) >= 11 is 0. The zero-order valence-electron chi connectivity index (χ0n) is 19.5. The molecular weight excluding hydrogens is 444 g/mol. The van der Waals surface area contributed by atoms with Crippen molar-refractivity contribution in [3.63, 3.8) is 0 Å². The number of allylic oxidation sites excluding steroid dienone is 2. The van der Waals surface area contributed by atoms with Gasteiger partial charge in [0, 0.05) is 54.8 Å². The van der Waals surface area contributed by atoms with Gasteiger partial charge in [-0.2, -0.15) is 8.78 Å². The molecule has 4 rings (SSSR count). The van der Waals surface area contributed by atoms with Gasteiger partial charge in [0.15, 0.2) is 6.29 Å². The molecule has 0 bridgehead atoms. The number of benzene rings is 1. The lowest BCUT2D eigenvalue weighted by Crippen LogP contribution is -2.44. The minimum Gasteiger partial charge on any atom is -0.352 e. The van der Waals surface area contributed by atoms with Crippen LogP contribution in [0, 0.1) is 5.92 Å². The Balaban J connectivity index is 1.42. The van der Waals surface area contributed by atoms with Crippen molar-refractivity contribution < 1.29 is 27.8 Å².